The molecule has 0 bridgehead atoms. The fraction of sp³-hybridized carbons (Fsp3) is 0.500. The molecule has 0 spiro atoms. The number of nitrogens with one attached hydrogen (secondary N) is 1. The minimum absolute atomic E-state index is 0.141. The Bertz CT molecular complexity index is 459. The molecule has 0 atom stereocenters. The Balaban J connectivity index is 1.89. The Labute approximate surface area is 126 Å². The molecule has 2 rings (SSSR count). The van der Waals surface area contributed by atoms with E-state index in [9.17, 15) is 9.90 Å². The van der Waals surface area contributed by atoms with Gasteiger partial charge in [0.25, 0.3) is 5.91 Å². The molecule has 0 saturated heterocycles. The second kappa shape index (κ2) is 6.73. The number of amides is 1. The fourth-order valence-electron chi connectivity index (χ4n) is 2.35. The molecule has 0 heterocycles. The highest BCUT2D eigenvalue weighted by molar-refractivity contribution is 9.10. The zero-order valence-corrected chi connectivity index (χ0v) is 12.9. The fourth-order valence-corrected chi connectivity index (χ4v) is 2.92. The van der Waals surface area contributed by atoms with Crippen LogP contribution in [-0.2, 0) is 0 Å². The summed E-state index contributed by atoms with van der Waals surface area (Å²) in [5.41, 5.74) is 0.492. The number of aliphatic hydroxyl groups excluding tert-OH is 1. The summed E-state index contributed by atoms with van der Waals surface area (Å²) in [5, 5.41) is 12.8. The zero-order valence-electron chi connectivity index (χ0n) is 10.5. The molecule has 5 heteroatoms. The lowest BCUT2D eigenvalue weighted by Crippen LogP contribution is -2.32. The van der Waals surface area contributed by atoms with Crippen molar-refractivity contribution in [2.45, 2.75) is 31.8 Å². The van der Waals surface area contributed by atoms with Crippen LogP contribution in [0.25, 0.3) is 0 Å². The van der Waals surface area contributed by atoms with Gasteiger partial charge < -0.3 is 10.4 Å². The molecule has 2 N–H and O–H groups in total. The standard InChI is InChI=1S/C14H17BrClNO2/c15-10-3-6-13(16)12(7-10)14(19)17-8-9-1-4-11(18)5-2-9/h3,6-7,9,11,18H,1-2,4-5,8H2,(H,17,19). The lowest BCUT2D eigenvalue weighted by atomic mass is 9.87. The van der Waals surface area contributed by atoms with E-state index in [1.807, 2.05) is 6.07 Å². The van der Waals surface area contributed by atoms with Gasteiger partial charge in [0.2, 0.25) is 0 Å². The lowest BCUT2D eigenvalue weighted by Gasteiger charge is -2.25. The average molecular weight is 347 g/mol. The minimum Gasteiger partial charge on any atom is -0.393 e. The van der Waals surface area contributed by atoms with Gasteiger partial charge in [-0.15, -0.1) is 0 Å². The van der Waals surface area contributed by atoms with Gasteiger partial charge in [-0.05, 0) is 49.8 Å². The van der Waals surface area contributed by atoms with Gasteiger partial charge in [0.1, 0.15) is 0 Å². The zero-order chi connectivity index (χ0) is 13.8. The van der Waals surface area contributed by atoms with E-state index in [2.05, 4.69) is 21.2 Å². The molecule has 104 valence electrons. The van der Waals surface area contributed by atoms with Crippen molar-refractivity contribution in [1.82, 2.24) is 5.32 Å². The maximum atomic E-state index is 12.1. The van der Waals surface area contributed by atoms with Crippen LogP contribution in [0.3, 0.4) is 0 Å². The van der Waals surface area contributed by atoms with E-state index in [4.69, 9.17) is 11.6 Å². The van der Waals surface area contributed by atoms with Crippen LogP contribution < -0.4 is 5.32 Å². The van der Waals surface area contributed by atoms with E-state index >= 15 is 0 Å². The molecule has 1 aliphatic carbocycles. The van der Waals surface area contributed by atoms with Crippen molar-refractivity contribution in [2.24, 2.45) is 5.92 Å². The minimum atomic E-state index is -0.161. The Hall–Kier alpha value is -0.580. The topological polar surface area (TPSA) is 49.3 Å². The van der Waals surface area contributed by atoms with Gasteiger partial charge in [-0.2, -0.15) is 0 Å². The number of benzene rings is 1. The van der Waals surface area contributed by atoms with Crippen LogP contribution in [0.15, 0.2) is 22.7 Å². The van der Waals surface area contributed by atoms with E-state index < -0.39 is 0 Å². The Morgan fingerprint density at radius 3 is 2.74 bits per heavy atom. The normalized spacial score (nSPS) is 23.1. The molecule has 1 amide bonds. The highest BCUT2D eigenvalue weighted by Gasteiger charge is 2.20. The second-order valence-electron chi connectivity index (χ2n) is 5.01. The summed E-state index contributed by atoms with van der Waals surface area (Å²) in [5.74, 6) is 0.315. The van der Waals surface area contributed by atoms with Crippen LogP contribution in [0, 0.1) is 5.92 Å². The van der Waals surface area contributed by atoms with Gasteiger partial charge in [0.15, 0.2) is 0 Å². The SMILES string of the molecule is O=C(NCC1CCC(O)CC1)c1cc(Br)ccc1Cl. The third-order valence-electron chi connectivity index (χ3n) is 3.54. The van der Waals surface area contributed by atoms with E-state index in [0.717, 1.165) is 30.2 Å². The molecular formula is C14H17BrClNO2. The summed E-state index contributed by atoms with van der Waals surface area (Å²) in [6, 6.07) is 5.24. The summed E-state index contributed by atoms with van der Waals surface area (Å²) in [7, 11) is 0. The van der Waals surface area contributed by atoms with Crippen LogP contribution in [0.1, 0.15) is 36.0 Å². The van der Waals surface area contributed by atoms with Crippen molar-refractivity contribution in [3.63, 3.8) is 0 Å². The smallest absolute Gasteiger partial charge is 0.252 e. The lowest BCUT2D eigenvalue weighted by molar-refractivity contribution is 0.0910. The predicted molar refractivity (Wildman–Crippen MR) is 79.5 cm³/mol. The Kier molecular flexibility index (Phi) is 5.25. The first-order valence-corrected chi connectivity index (χ1v) is 7.64. The van der Waals surface area contributed by atoms with Crippen LogP contribution in [0.2, 0.25) is 5.02 Å². The summed E-state index contributed by atoms with van der Waals surface area (Å²) < 4.78 is 0.836. The van der Waals surface area contributed by atoms with Crippen LogP contribution in [0.5, 0.6) is 0 Å². The molecule has 1 aromatic carbocycles. The molecule has 1 aliphatic rings. The van der Waals surface area contributed by atoms with Gasteiger partial charge in [-0.25, -0.2) is 0 Å². The summed E-state index contributed by atoms with van der Waals surface area (Å²) >= 11 is 9.35. The third kappa shape index (κ3) is 4.20. The Morgan fingerprint density at radius 2 is 2.05 bits per heavy atom. The van der Waals surface area contributed by atoms with Crippen molar-refractivity contribution in [3.8, 4) is 0 Å². The molecule has 1 saturated carbocycles. The number of hydrogen-bond acceptors (Lipinski definition) is 2. The summed E-state index contributed by atoms with van der Waals surface area (Å²) in [6.07, 6.45) is 3.43. The predicted octanol–water partition coefficient (Wildman–Crippen LogP) is 3.38. The van der Waals surface area contributed by atoms with Crippen LogP contribution in [-0.4, -0.2) is 23.7 Å². The highest BCUT2D eigenvalue weighted by Crippen LogP contribution is 2.24. The van der Waals surface area contributed by atoms with Crippen LogP contribution in [0.4, 0.5) is 0 Å². The molecule has 0 aromatic heterocycles. The number of aliphatic hydroxyl groups is 1. The van der Waals surface area contributed by atoms with E-state index in [-0.39, 0.29) is 12.0 Å². The summed E-state index contributed by atoms with van der Waals surface area (Å²) in [6.45, 7) is 0.647. The van der Waals surface area contributed by atoms with Gasteiger partial charge in [-0.1, -0.05) is 27.5 Å². The first-order chi connectivity index (χ1) is 9.06. The quantitative estimate of drug-likeness (QED) is 0.881. The maximum Gasteiger partial charge on any atom is 0.252 e. The second-order valence-corrected chi connectivity index (χ2v) is 6.33. The molecule has 3 nitrogen and oxygen atoms in total. The Morgan fingerprint density at radius 1 is 1.37 bits per heavy atom. The van der Waals surface area contributed by atoms with Crippen LogP contribution >= 0.6 is 27.5 Å². The van der Waals surface area contributed by atoms with Gasteiger partial charge in [0.05, 0.1) is 16.7 Å². The molecule has 19 heavy (non-hydrogen) atoms. The number of rotatable bonds is 3. The highest BCUT2D eigenvalue weighted by atomic mass is 79.9. The molecule has 1 fully saturated rings. The van der Waals surface area contributed by atoms with E-state index in [0.29, 0.717) is 23.0 Å². The van der Waals surface area contributed by atoms with Gasteiger partial charge in [-0.3, -0.25) is 4.79 Å². The third-order valence-corrected chi connectivity index (χ3v) is 4.36. The van der Waals surface area contributed by atoms with Crippen molar-refractivity contribution >= 4 is 33.4 Å². The van der Waals surface area contributed by atoms with Crippen molar-refractivity contribution < 1.29 is 9.90 Å². The first kappa shape index (κ1) is 14.8. The number of carbonyl (C=O) groups excluding carboxylic acids is 1. The molecule has 0 unspecified atom stereocenters. The molecule has 0 aliphatic heterocycles. The largest absolute Gasteiger partial charge is 0.393 e. The van der Waals surface area contributed by atoms with Crippen molar-refractivity contribution in [2.75, 3.05) is 6.54 Å². The number of halogens is 2. The average Bonchev–Trinajstić information content (AvgIpc) is 2.40. The first-order valence-electron chi connectivity index (χ1n) is 6.47. The summed E-state index contributed by atoms with van der Waals surface area (Å²) in [4.78, 5) is 12.1. The van der Waals surface area contributed by atoms with Crippen molar-refractivity contribution in [1.29, 1.82) is 0 Å². The molecule has 0 radical (unpaired) electrons. The monoisotopic (exact) mass is 345 g/mol. The van der Waals surface area contributed by atoms with E-state index in [1.165, 1.54) is 0 Å². The maximum absolute atomic E-state index is 12.1. The number of carbonyl (C=O) groups is 1. The van der Waals surface area contributed by atoms with Gasteiger partial charge in [0, 0.05) is 11.0 Å². The van der Waals surface area contributed by atoms with Crippen molar-refractivity contribution in [3.05, 3.63) is 33.3 Å². The van der Waals surface area contributed by atoms with Gasteiger partial charge >= 0.3 is 0 Å². The van der Waals surface area contributed by atoms with E-state index in [1.54, 1.807) is 12.1 Å². The molecular weight excluding hydrogens is 330 g/mol. The molecule has 1 aromatic rings. The number of hydrogen-bond donors (Lipinski definition) is 2.